The minimum atomic E-state index is -0.556. The van der Waals surface area contributed by atoms with E-state index in [-0.39, 0.29) is 12.4 Å². The van der Waals surface area contributed by atoms with Crippen LogP contribution in [0.25, 0.3) is 0 Å². The molecule has 1 aromatic heterocycles. The Morgan fingerprint density at radius 2 is 2.25 bits per heavy atom. The van der Waals surface area contributed by atoms with E-state index in [1.54, 1.807) is 36.7 Å². The smallest absolute Gasteiger partial charge is 0.338 e. The number of hydrogen-bond donors (Lipinski definition) is 2. The molecule has 3 rings (SSSR count). The summed E-state index contributed by atoms with van der Waals surface area (Å²) >= 11 is 0. The molecule has 0 saturated carbocycles. The van der Waals surface area contributed by atoms with E-state index in [1.165, 1.54) is 13.4 Å². The number of ether oxygens (including phenoxy) is 2. The molecule has 126 valence electrons. The fraction of sp³-hybridized carbons (Fsp3) is 0.312. The summed E-state index contributed by atoms with van der Waals surface area (Å²) in [6.45, 7) is 3.79. The summed E-state index contributed by atoms with van der Waals surface area (Å²) < 4.78 is 11.8. The normalized spacial score (nSPS) is 16.4. The van der Waals surface area contributed by atoms with Crippen molar-refractivity contribution in [1.29, 1.82) is 0 Å². The highest BCUT2D eigenvalue weighted by Gasteiger charge is 2.34. The molecule has 1 aliphatic rings. The molecular weight excluding hydrogens is 312 g/mol. The van der Waals surface area contributed by atoms with Gasteiger partial charge in [-0.25, -0.2) is 9.48 Å². The number of phenols is 1. The molecule has 2 N–H and O–H groups in total. The van der Waals surface area contributed by atoms with Crippen LogP contribution in [0, 0.1) is 0 Å². The SMILES string of the molecule is CCOC(=O)C1=C(C)Nc2ncnn2C1c1ccc(OC)c(O)c1. The first-order chi connectivity index (χ1) is 11.6. The van der Waals surface area contributed by atoms with E-state index < -0.39 is 12.0 Å². The predicted octanol–water partition coefficient (Wildman–Crippen LogP) is 1.84. The summed E-state index contributed by atoms with van der Waals surface area (Å²) in [5.41, 5.74) is 1.72. The first-order valence-corrected chi connectivity index (χ1v) is 7.48. The molecule has 1 unspecified atom stereocenters. The Bertz CT molecular complexity index is 812. The number of fused-ring (bicyclic) bond motifs is 1. The van der Waals surface area contributed by atoms with Gasteiger partial charge in [-0.3, -0.25) is 0 Å². The highest BCUT2D eigenvalue weighted by molar-refractivity contribution is 5.92. The number of allylic oxidation sites excluding steroid dienone is 1. The van der Waals surface area contributed by atoms with Gasteiger partial charge in [0.1, 0.15) is 12.4 Å². The maximum Gasteiger partial charge on any atom is 0.338 e. The Kier molecular flexibility index (Phi) is 4.11. The van der Waals surface area contributed by atoms with Crippen LogP contribution >= 0.6 is 0 Å². The van der Waals surface area contributed by atoms with Crippen molar-refractivity contribution in [3.63, 3.8) is 0 Å². The standard InChI is InChI=1S/C16H18N4O4/c1-4-24-15(22)13-9(2)19-16-17-8-18-20(16)14(13)10-5-6-12(23-3)11(21)7-10/h5-8,14,21H,4H2,1-3H3,(H,17,18,19). The van der Waals surface area contributed by atoms with Crippen molar-refractivity contribution in [3.8, 4) is 11.5 Å². The molecule has 0 aliphatic carbocycles. The molecule has 1 atom stereocenters. The number of nitrogens with zero attached hydrogens (tertiary/aromatic N) is 3. The summed E-state index contributed by atoms with van der Waals surface area (Å²) in [5.74, 6) is 0.408. The number of phenolic OH excluding ortho intramolecular Hbond substituents is 1. The number of rotatable bonds is 4. The van der Waals surface area contributed by atoms with E-state index in [2.05, 4.69) is 15.4 Å². The number of carbonyl (C=O) groups excluding carboxylic acids is 1. The third kappa shape index (κ3) is 2.55. The number of benzene rings is 1. The van der Waals surface area contributed by atoms with Gasteiger partial charge in [0, 0.05) is 5.70 Å². The molecule has 0 bridgehead atoms. The molecular formula is C16H18N4O4. The number of aromatic hydroxyl groups is 1. The van der Waals surface area contributed by atoms with E-state index in [0.717, 1.165) is 0 Å². The maximum atomic E-state index is 12.5. The minimum Gasteiger partial charge on any atom is -0.504 e. The van der Waals surface area contributed by atoms with E-state index >= 15 is 0 Å². The van der Waals surface area contributed by atoms with Crippen LogP contribution in [0.4, 0.5) is 5.95 Å². The highest BCUT2D eigenvalue weighted by atomic mass is 16.5. The molecule has 2 aromatic rings. The van der Waals surface area contributed by atoms with Crippen molar-refractivity contribution in [1.82, 2.24) is 14.8 Å². The van der Waals surface area contributed by atoms with Crippen molar-refractivity contribution in [2.24, 2.45) is 0 Å². The molecule has 1 aliphatic heterocycles. The van der Waals surface area contributed by atoms with Gasteiger partial charge >= 0.3 is 5.97 Å². The van der Waals surface area contributed by atoms with Crippen LogP contribution in [0.2, 0.25) is 0 Å². The number of anilines is 1. The summed E-state index contributed by atoms with van der Waals surface area (Å²) in [4.78, 5) is 16.6. The lowest BCUT2D eigenvalue weighted by Gasteiger charge is -2.28. The lowest BCUT2D eigenvalue weighted by molar-refractivity contribution is -0.139. The van der Waals surface area contributed by atoms with E-state index in [0.29, 0.717) is 28.5 Å². The van der Waals surface area contributed by atoms with Crippen LogP contribution in [0.5, 0.6) is 11.5 Å². The number of esters is 1. The number of aromatic nitrogens is 3. The first kappa shape index (κ1) is 15.9. The van der Waals surface area contributed by atoms with Gasteiger partial charge < -0.3 is 19.9 Å². The van der Waals surface area contributed by atoms with E-state index in [9.17, 15) is 9.90 Å². The second-order valence-corrected chi connectivity index (χ2v) is 5.25. The molecule has 24 heavy (non-hydrogen) atoms. The van der Waals surface area contributed by atoms with Gasteiger partial charge in [0.2, 0.25) is 5.95 Å². The summed E-state index contributed by atoms with van der Waals surface area (Å²) in [6, 6.07) is 4.40. The lowest BCUT2D eigenvalue weighted by Crippen LogP contribution is -2.29. The maximum absolute atomic E-state index is 12.5. The predicted molar refractivity (Wildman–Crippen MR) is 85.8 cm³/mol. The van der Waals surface area contributed by atoms with Gasteiger partial charge in [0.25, 0.3) is 0 Å². The van der Waals surface area contributed by atoms with Crippen molar-refractivity contribution in [2.45, 2.75) is 19.9 Å². The lowest BCUT2D eigenvalue weighted by atomic mass is 9.95. The van der Waals surface area contributed by atoms with Crippen LogP contribution < -0.4 is 10.1 Å². The van der Waals surface area contributed by atoms with Crippen molar-refractivity contribution in [2.75, 3.05) is 19.0 Å². The van der Waals surface area contributed by atoms with Crippen LogP contribution in [-0.4, -0.2) is 39.6 Å². The van der Waals surface area contributed by atoms with Gasteiger partial charge in [-0.1, -0.05) is 6.07 Å². The molecule has 0 spiro atoms. The number of carbonyl (C=O) groups is 1. The zero-order valence-corrected chi connectivity index (χ0v) is 13.6. The average molecular weight is 330 g/mol. The van der Waals surface area contributed by atoms with Gasteiger partial charge in [0.05, 0.1) is 19.3 Å². The van der Waals surface area contributed by atoms with Crippen molar-refractivity contribution in [3.05, 3.63) is 41.4 Å². The Hall–Kier alpha value is -3.03. The second kappa shape index (κ2) is 6.23. The topological polar surface area (TPSA) is 98.5 Å². The molecule has 0 fully saturated rings. The van der Waals surface area contributed by atoms with Gasteiger partial charge in [-0.15, -0.1) is 0 Å². The van der Waals surface area contributed by atoms with E-state index in [4.69, 9.17) is 9.47 Å². The van der Waals surface area contributed by atoms with E-state index in [1.807, 2.05) is 0 Å². The molecule has 1 aromatic carbocycles. The highest BCUT2D eigenvalue weighted by Crippen LogP contribution is 2.38. The molecule has 0 radical (unpaired) electrons. The fourth-order valence-corrected chi connectivity index (χ4v) is 2.75. The summed E-state index contributed by atoms with van der Waals surface area (Å²) in [7, 11) is 1.48. The Balaban J connectivity index is 2.14. The minimum absolute atomic E-state index is 0.0175. The number of hydrogen-bond acceptors (Lipinski definition) is 7. The molecule has 0 saturated heterocycles. The third-order valence-corrected chi connectivity index (χ3v) is 3.81. The van der Waals surface area contributed by atoms with Gasteiger partial charge in [0.15, 0.2) is 11.5 Å². The van der Waals surface area contributed by atoms with Gasteiger partial charge in [-0.05, 0) is 31.5 Å². The number of methoxy groups -OCH3 is 1. The summed E-state index contributed by atoms with van der Waals surface area (Å²) in [6.07, 6.45) is 1.40. The summed E-state index contributed by atoms with van der Waals surface area (Å²) in [5, 5.41) is 17.3. The van der Waals surface area contributed by atoms with Crippen LogP contribution in [-0.2, 0) is 9.53 Å². The zero-order chi connectivity index (χ0) is 17.3. The fourth-order valence-electron chi connectivity index (χ4n) is 2.75. The zero-order valence-electron chi connectivity index (χ0n) is 13.6. The average Bonchev–Trinajstić information content (AvgIpc) is 3.01. The Labute approximate surface area is 138 Å². The van der Waals surface area contributed by atoms with Crippen LogP contribution in [0.15, 0.2) is 35.8 Å². The Morgan fingerprint density at radius 3 is 2.92 bits per heavy atom. The van der Waals surface area contributed by atoms with Crippen molar-refractivity contribution < 1.29 is 19.4 Å². The molecule has 0 amide bonds. The van der Waals surface area contributed by atoms with Crippen molar-refractivity contribution >= 4 is 11.9 Å². The second-order valence-electron chi connectivity index (χ2n) is 5.25. The van der Waals surface area contributed by atoms with Crippen LogP contribution in [0.1, 0.15) is 25.5 Å². The molecule has 8 nitrogen and oxygen atoms in total. The largest absolute Gasteiger partial charge is 0.504 e. The molecule has 2 heterocycles. The monoisotopic (exact) mass is 330 g/mol. The van der Waals surface area contributed by atoms with Gasteiger partial charge in [-0.2, -0.15) is 10.1 Å². The van der Waals surface area contributed by atoms with Crippen LogP contribution in [0.3, 0.4) is 0 Å². The molecule has 8 heteroatoms. The first-order valence-electron chi connectivity index (χ1n) is 7.48. The number of nitrogens with one attached hydrogen (secondary N) is 1. The Morgan fingerprint density at radius 1 is 1.46 bits per heavy atom. The quantitative estimate of drug-likeness (QED) is 0.825. The third-order valence-electron chi connectivity index (χ3n) is 3.81.